The highest BCUT2D eigenvalue weighted by Crippen LogP contribution is 2.53. The van der Waals surface area contributed by atoms with Gasteiger partial charge < -0.3 is 9.47 Å². The summed E-state index contributed by atoms with van der Waals surface area (Å²) < 4.78 is 2.42. The number of hydrogen-bond acceptors (Lipinski definition) is 1. The highest BCUT2D eigenvalue weighted by molar-refractivity contribution is 6.17. The van der Waals surface area contributed by atoms with Crippen LogP contribution in [0.25, 0.3) is 82.8 Å². The summed E-state index contributed by atoms with van der Waals surface area (Å²) in [7, 11) is 0. The van der Waals surface area contributed by atoms with E-state index in [9.17, 15) is 0 Å². The molecule has 13 rings (SSSR count). The highest BCUT2D eigenvalue weighted by atomic mass is 15.1. The molecule has 0 N–H and O–H groups in total. The van der Waals surface area contributed by atoms with E-state index >= 15 is 0 Å². The van der Waals surface area contributed by atoms with Gasteiger partial charge in [0.2, 0.25) is 0 Å². The predicted octanol–water partition coefficient (Wildman–Crippen LogP) is 18.8. The molecule has 2 nitrogen and oxygen atoms in total. The molecule has 11 aromatic rings. The monoisotopic (exact) mass is 886 g/mol. The van der Waals surface area contributed by atoms with Gasteiger partial charge in [-0.15, -0.1) is 0 Å². The average Bonchev–Trinajstić information content (AvgIpc) is 3.88. The summed E-state index contributed by atoms with van der Waals surface area (Å²) in [4.78, 5) is 2.54. The van der Waals surface area contributed by atoms with Crippen LogP contribution in [0, 0.1) is 0 Å². The normalized spacial score (nSPS) is 14.3. The molecule has 1 aromatic heterocycles. The summed E-state index contributed by atoms with van der Waals surface area (Å²) in [6, 6.07) is 84.0. The van der Waals surface area contributed by atoms with Crippen molar-refractivity contribution < 1.29 is 0 Å². The zero-order chi connectivity index (χ0) is 46.1. The Labute approximate surface area is 405 Å². The first-order chi connectivity index (χ1) is 34.0. The van der Waals surface area contributed by atoms with Gasteiger partial charge in [-0.25, -0.2) is 0 Å². The molecular formula is C67H54N2. The summed E-state index contributed by atoms with van der Waals surface area (Å²) in [6.45, 7) is 4.73. The quantitative estimate of drug-likeness (QED) is 0.148. The van der Waals surface area contributed by atoms with Crippen LogP contribution in [0.5, 0.6) is 0 Å². The van der Waals surface area contributed by atoms with Crippen LogP contribution in [0.15, 0.2) is 224 Å². The SMILES string of the molecule is CC1(C)c2ccccc2-c2c(-c3ccc(N(c4ccccc4-c4cccc5cccc(C6CCCCC6)c45)c4ccccc4-c4cccc5c4c4ccccc4n5-c4ccccc4)cc3)cccc21. The zero-order valence-electron chi connectivity index (χ0n) is 39.4. The molecule has 1 fully saturated rings. The van der Waals surface area contributed by atoms with Gasteiger partial charge in [-0.1, -0.05) is 209 Å². The van der Waals surface area contributed by atoms with Gasteiger partial charge in [0.1, 0.15) is 0 Å². The van der Waals surface area contributed by atoms with Crippen molar-refractivity contribution >= 4 is 49.6 Å². The molecule has 2 heteroatoms. The van der Waals surface area contributed by atoms with Gasteiger partial charge in [-0.2, -0.15) is 0 Å². The van der Waals surface area contributed by atoms with Crippen molar-refractivity contribution in [2.45, 2.75) is 57.3 Å². The number of hydrogen-bond donors (Lipinski definition) is 0. The Hall–Kier alpha value is -7.94. The fourth-order valence-electron chi connectivity index (χ4n) is 12.4. The summed E-state index contributed by atoms with van der Waals surface area (Å²) >= 11 is 0. The van der Waals surface area contributed by atoms with Crippen LogP contribution in [-0.2, 0) is 5.41 Å². The smallest absolute Gasteiger partial charge is 0.0547 e. The van der Waals surface area contributed by atoms with E-state index in [0.29, 0.717) is 5.92 Å². The number of nitrogens with zero attached hydrogens (tertiary/aromatic N) is 2. The fourth-order valence-corrected chi connectivity index (χ4v) is 12.4. The molecule has 0 unspecified atom stereocenters. The van der Waals surface area contributed by atoms with E-state index in [1.165, 1.54) is 126 Å². The Bertz CT molecular complexity index is 3730. The first-order valence-electron chi connectivity index (χ1n) is 25.0. The van der Waals surface area contributed by atoms with Gasteiger partial charge in [0.25, 0.3) is 0 Å². The molecular weight excluding hydrogens is 833 g/mol. The molecule has 1 heterocycles. The first kappa shape index (κ1) is 41.3. The van der Waals surface area contributed by atoms with Crippen molar-refractivity contribution in [3.05, 3.63) is 241 Å². The molecule has 0 spiro atoms. The van der Waals surface area contributed by atoms with Crippen LogP contribution < -0.4 is 4.90 Å². The van der Waals surface area contributed by atoms with Gasteiger partial charge in [0.05, 0.1) is 22.4 Å². The molecule has 0 aliphatic heterocycles. The molecule has 0 saturated heterocycles. The van der Waals surface area contributed by atoms with Crippen molar-refractivity contribution in [1.82, 2.24) is 4.57 Å². The topological polar surface area (TPSA) is 8.17 Å². The largest absolute Gasteiger partial charge is 0.309 e. The summed E-state index contributed by atoms with van der Waals surface area (Å²) in [5, 5.41) is 5.19. The molecule has 0 bridgehead atoms. The third kappa shape index (κ3) is 6.68. The maximum absolute atomic E-state index is 2.54. The number of para-hydroxylation sites is 4. The standard InChI is InChI=1S/C67H54N2/c1-67(2)58-35-13-9-29-56(58)65-51(32-19-36-59(65)67)46-41-43-49(44-42-46)68(60-37-14-10-27-52(60)54-33-18-24-47-23-17-31-50(64(47)54)45-21-5-3-6-22-45)61-38-15-11-28-53(61)55-34-20-40-63-66(55)57-30-12-16-39-62(57)69(63)48-25-7-4-8-26-48/h4,7-20,23-45H,3,5-6,21-22H2,1-2H3. The lowest BCUT2D eigenvalue weighted by molar-refractivity contribution is 0.445. The van der Waals surface area contributed by atoms with Crippen LogP contribution in [0.1, 0.15) is 68.6 Å². The summed E-state index contributed by atoms with van der Waals surface area (Å²) in [5.74, 6) is 0.565. The van der Waals surface area contributed by atoms with Crippen LogP contribution in [0.4, 0.5) is 17.1 Å². The van der Waals surface area contributed by atoms with Crippen LogP contribution in [0.2, 0.25) is 0 Å². The lowest BCUT2D eigenvalue weighted by Gasteiger charge is -2.31. The van der Waals surface area contributed by atoms with Crippen molar-refractivity contribution in [2.24, 2.45) is 0 Å². The van der Waals surface area contributed by atoms with Gasteiger partial charge in [-0.3, -0.25) is 0 Å². The van der Waals surface area contributed by atoms with E-state index in [4.69, 9.17) is 0 Å². The molecule has 332 valence electrons. The van der Waals surface area contributed by atoms with Gasteiger partial charge >= 0.3 is 0 Å². The van der Waals surface area contributed by atoms with Crippen molar-refractivity contribution in [3.8, 4) is 50.2 Å². The van der Waals surface area contributed by atoms with E-state index in [1.54, 1.807) is 0 Å². The molecule has 10 aromatic carbocycles. The summed E-state index contributed by atoms with van der Waals surface area (Å²) in [5.41, 5.74) is 21.2. The third-order valence-corrected chi connectivity index (χ3v) is 15.6. The van der Waals surface area contributed by atoms with Gasteiger partial charge in [0, 0.05) is 38.7 Å². The first-order valence-corrected chi connectivity index (χ1v) is 25.0. The predicted molar refractivity (Wildman–Crippen MR) is 293 cm³/mol. The van der Waals surface area contributed by atoms with Crippen molar-refractivity contribution in [1.29, 1.82) is 0 Å². The van der Waals surface area contributed by atoms with Gasteiger partial charge in [0.15, 0.2) is 0 Å². The number of anilines is 3. The number of benzene rings is 10. The maximum atomic E-state index is 2.54. The second kappa shape index (κ2) is 16.7. The van der Waals surface area contributed by atoms with E-state index in [1.807, 2.05) is 0 Å². The average molecular weight is 887 g/mol. The number of fused-ring (bicyclic) bond motifs is 7. The van der Waals surface area contributed by atoms with Crippen LogP contribution >= 0.6 is 0 Å². The highest BCUT2D eigenvalue weighted by Gasteiger charge is 2.36. The molecule has 69 heavy (non-hydrogen) atoms. The molecule has 1 saturated carbocycles. The minimum atomic E-state index is -0.0686. The molecule has 2 aliphatic rings. The van der Waals surface area contributed by atoms with E-state index in [0.717, 1.165) is 22.7 Å². The van der Waals surface area contributed by atoms with Crippen molar-refractivity contribution in [3.63, 3.8) is 0 Å². The number of aromatic nitrogens is 1. The zero-order valence-corrected chi connectivity index (χ0v) is 39.4. The Morgan fingerprint density at radius 3 is 1.72 bits per heavy atom. The Morgan fingerprint density at radius 1 is 0.420 bits per heavy atom. The van der Waals surface area contributed by atoms with E-state index < -0.39 is 0 Å². The third-order valence-electron chi connectivity index (χ3n) is 15.6. The minimum Gasteiger partial charge on any atom is -0.309 e. The molecule has 0 atom stereocenters. The Morgan fingerprint density at radius 2 is 0.971 bits per heavy atom. The fraction of sp³-hybridized carbons (Fsp3) is 0.134. The van der Waals surface area contributed by atoms with E-state index in [2.05, 4.69) is 248 Å². The van der Waals surface area contributed by atoms with Crippen LogP contribution in [0.3, 0.4) is 0 Å². The summed E-state index contributed by atoms with van der Waals surface area (Å²) in [6.07, 6.45) is 6.44. The number of rotatable bonds is 8. The van der Waals surface area contributed by atoms with Crippen molar-refractivity contribution in [2.75, 3.05) is 4.90 Å². The molecule has 2 aliphatic carbocycles. The molecule has 0 radical (unpaired) electrons. The maximum Gasteiger partial charge on any atom is 0.0547 e. The minimum absolute atomic E-state index is 0.0686. The second-order valence-electron chi connectivity index (χ2n) is 19.8. The Balaban J connectivity index is 1.04. The molecule has 0 amide bonds. The second-order valence-corrected chi connectivity index (χ2v) is 19.8. The van der Waals surface area contributed by atoms with E-state index in [-0.39, 0.29) is 5.41 Å². The lowest BCUT2D eigenvalue weighted by atomic mass is 9.80. The lowest BCUT2D eigenvalue weighted by Crippen LogP contribution is -2.14. The van der Waals surface area contributed by atoms with Crippen LogP contribution in [-0.4, -0.2) is 4.57 Å². The van der Waals surface area contributed by atoms with Gasteiger partial charge in [-0.05, 0) is 128 Å². The Kier molecular flexibility index (Phi) is 9.98.